The van der Waals surface area contributed by atoms with E-state index in [4.69, 9.17) is 9.84 Å². The van der Waals surface area contributed by atoms with Gasteiger partial charge in [0.1, 0.15) is 5.75 Å². The Morgan fingerprint density at radius 2 is 2.21 bits per heavy atom. The van der Waals surface area contributed by atoms with Gasteiger partial charge in [-0.2, -0.15) is 0 Å². The summed E-state index contributed by atoms with van der Waals surface area (Å²) in [6.07, 6.45) is 1.52. The molecule has 2 aromatic rings. The van der Waals surface area contributed by atoms with Crippen LogP contribution < -0.4 is 4.74 Å². The summed E-state index contributed by atoms with van der Waals surface area (Å²) in [5.74, 6) is -0.109. The summed E-state index contributed by atoms with van der Waals surface area (Å²) in [5, 5.41) is 16.4. The first kappa shape index (κ1) is 13.1. The fourth-order valence-corrected chi connectivity index (χ4v) is 1.76. The van der Waals surface area contributed by atoms with Gasteiger partial charge in [0.25, 0.3) is 0 Å². The molecule has 0 atom stereocenters. The quantitative estimate of drug-likeness (QED) is 0.849. The standard InChI is InChI=1S/C13H15N3O3/c1-2-19-12-6-4-3-5-10(12)8-16-9-11(14-15-16)7-13(17)18/h3-6,9H,2,7-8H2,1H3,(H,17,18). The maximum Gasteiger partial charge on any atom is 0.309 e. The molecule has 0 fully saturated rings. The van der Waals surface area contributed by atoms with Crippen LogP contribution in [0.1, 0.15) is 18.2 Å². The number of carboxylic acid groups (broad SMARTS) is 1. The predicted octanol–water partition coefficient (Wildman–Crippen LogP) is 1.35. The molecule has 0 saturated carbocycles. The fourth-order valence-electron chi connectivity index (χ4n) is 1.76. The molecule has 1 aromatic carbocycles. The van der Waals surface area contributed by atoms with Crippen LogP contribution in [0.5, 0.6) is 5.75 Å². The molecule has 0 aliphatic rings. The van der Waals surface area contributed by atoms with E-state index in [1.165, 1.54) is 0 Å². The van der Waals surface area contributed by atoms with E-state index in [0.717, 1.165) is 11.3 Å². The number of hydrogen-bond acceptors (Lipinski definition) is 4. The number of para-hydroxylation sites is 1. The third-order valence-corrected chi connectivity index (χ3v) is 2.52. The summed E-state index contributed by atoms with van der Waals surface area (Å²) in [6, 6.07) is 7.68. The third kappa shape index (κ3) is 3.54. The van der Waals surface area contributed by atoms with Crippen LogP contribution in [0, 0.1) is 0 Å². The minimum Gasteiger partial charge on any atom is -0.494 e. The van der Waals surface area contributed by atoms with Gasteiger partial charge >= 0.3 is 5.97 Å². The second-order valence-corrected chi connectivity index (χ2v) is 4.02. The Hall–Kier alpha value is -2.37. The molecular formula is C13H15N3O3. The van der Waals surface area contributed by atoms with Crippen LogP contribution in [-0.4, -0.2) is 32.7 Å². The summed E-state index contributed by atoms with van der Waals surface area (Å²) < 4.78 is 7.13. The second-order valence-electron chi connectivity index (χ2n) is 4.02. The molecule has 0 amide bonds. The molecule has 0 aliphatic carbocycles. The van der Waals surface area contributed by atoms with Gasteiger partial charge < -0.3 is 9.84 Å². The number of ether oxygens (including phenoxy) is 1. The third-order valence-electron chi connectivity index (χ3n) is 2.52. The normalized spacial score (nSPS) is 10.4. The van der Waals surface area contributed by atoms with E-state index in [9.17, 15) is 4.79 Å². The minimum absolute atomic E-state index is 0.118. The van der Waals surface area contributed by atoms with Crippen LogP contribution in [-0.2, 0) is 17.8 Å². The molecule has 6 nitrogen and oxygen atoms in total. The number of rotatable bonds is 6. The van der Waals surface area contributed by atoms with Gasteiger partial charge in [0.2, 0.25) is 0 Å². The van der Waals surface area contributed by atoms with E-state index in [0.29, 0.717) is 18.8 Å². The first-order chi connectivity index (χ1) is 9.19. The number of hydrogen-bond donors (Lipinski definition) is 1. The van der Waals surface area contributed by atoms with E-state index < -0.39 is 5.97 Å². The van der Waals surface area contributed by atoms with Crippen molar-refractivity contribution in [3.8, 4) is 5.75 Å². The van der Waals surface area contributed by atoms with Crippen LogP contribution in [0.2, 0.25) is 0 Å². The van der Waals surface area contributed by atoms with Gasteiger partial charge in [-0.1, -0.05) is 23.4 Å². The number of carbonyl (C=O) groups is 1. The van der Waals surface area contributed by atoms with Crippen molar-refractivity contribution in [1.82, 2.24) is 15.0 Å². The lowest BCUT2D eigenvalue weighted by Gasteiger charge is -2.09. The predicted molar refractivity (Wildman–Crippen MR) is 68.1 cm³/mol. The van der Waals surface area contributed by atoms with Crippen LogP contribution in [0.25, 0.3) is 0 Å². The Kier molecular flexibility index (Phi) is 4.12. The molecule has 0 radical (unpaired) electrons. The molecule has 0 aliphatic heterocycles. The Bertz CT molecular complexity index is 566. The van der Waals surface area contributed by atoms with Crippen LogP contribution >= 0.6 is 0 Å². The van der Waals surface area contributed by atoms with Crippen LogP contribution in [0.4, 0.5) is 0 Å². The highest BCUT2D eigenvalue weighted by atomic mass is 16.5. The molecule has 0 spiro atoms. The molecule has 6 heteroatoms. The lowest BCUT2D eigenvalue weighted by Crippen LogP contribution is -2.04. The first-order valence-electron chi connectivity index (χ1n) is 6.00. The number of aromatic nitrogens is 3. The lowest BCUT2D eigenvalue weighted by atomic mass is 10.2. The van der Waals surface area contributed by atoms with Gasteiger partial charge in [0.15, 0.2) is 0 Å². The number of aliphatic carboxylic acids is 1. The summed E-state index contributed by atoms with van der Waals surface area (Å²) in [7, 11) is 0. The van der Waals surface area contributed by atoms with Crippen LogP contribution in [0.3, 0.4) is 0 Å². The minimum atomic E-state index is -0.915. The largest absolute Gasteiger partial charge is 0.494 e. The molecule has 1 N–H and O–H groups in total. The van der Waals surface area contributed by atoms with Crippen molar-refractivity contribution >= 4 is 5.97 Å². The SMILES string of the molecule is CCOc1ccccc1Cn1cc(CC(=O)O)nn1. The summed E-state index contributed by atoms with van der Waals surface area (Å²) >= 11 is 0. The smallest absolute Gasteiger partial charge is 0.309 e. The van der Waals surface area contributed by atoms with Crippen molar-refractivity contribution in [3.05, 3.63) is 41.7 Å². The highest BCUT2D eigenvalue weighted by Gasteiger charge is 2.08. The maximum atomic E-state index is 10.6. The molecular weight excluding hydrogens is 246 g/mol. The Morgan fingerprint density at radius 1 is 1.42 bits per heavy atom. The van der Waals surface area contributed by atoms with Gasteiger partial charge in [-0.15, -0.1) is 5.10 Å². The van der Waals surface area contributed by atoms with Crippen molar-refractivity contribution in [2.45, 2.75) is 19.9 Å². The van der Waals surface area contributed by atoms with Gasteiger partial charge in [-0.25, -0.2) is 4.68 Å². The van der Waals surface area contributed by atoms with Crippen molar-refractivity contribution in [1.29, 1.82) is 0 Å². The number of nitrogens with zero attached hydrogens (tertiary/aromatic N) is 3. The lowest BCUT2D eigenvalue weighted by molar-refractivity contribution is -0.136. The molecule has 1 heterocycles. The zero-order valence-corrected chi connectivity index (χ0v) is 10.6. The van der Waals surface area contributed by atoms with Crippen molar-refractivity contribution < 1.29 is 14.6 Å². The molecule has 100 valence electrons. The number of carboxylic acids is 1. The van der Waals surface area contributed by atoms with E-state index in [1.54, 1.807) is 10.9 Å². The van der Waals surface area contributed by atoms with Gasteiger partial charge in [-0.05, 0) is 13.0 Å². The average molecular weight is 261 g/mol. The summed E-state index contributed by atoms with van der Waals surface area (Å²) in [6.45, 7) is 3.03. The van der Waals surface area contributed by atoms with Gasteiger partial charge in [0.05, 0.1) is 25.3 Å². The molecule has 1 aromatic heterocycles. The average Bonchev–Trinajstić information content (AvgIpc) is 2.78. The van der Waals surface area contributed by atoms with E-state index in [-0.39, 0.29) is 6.42 Å². The molecule has 0 saturated heterocycles. The highest BCUT2D eigenvalue weighted by molar-refractivity contribution is 5.69. The Morgan fingerprint density at radius 3 is 2.95 bits per heavy atom. The fraction of sp³-hybridized carbons (Fsp3) is 0.308. The monoisotopic (exact) mass is 261 g/mol. The maximum absolute atomic E-state index is 10.6. The molecule has 0 unspecified atom stereocenters. The van der Waals surface area contributed by atoms with Crippen molar-refractivity contribution in [2.24, 2.45) is 0 Å². The summed E-state index contributed by atoms with van der Waals surface area (Å²) in [4.78, 5) is 10.6. The molecule has 2 rings (SSSR count). The Balaban J connectivity index is 2.12. The van der Waals surface area contributed by atoms with E-state index in [2.05, 4.69) is 10.3 Å². The van der Waals surface area contributed by atoms with Gasteiger partial charge in [-0.3, -0.25) is 4.79 Å². The van der Waals surface area contributed by atoms with Crippen LogP contribution in [0.15, 0.2) is 30.5 Å². The summed E-state index contributed by atoms with van der Waals surface area (Å²) in [5.41, 5.74) is 1.43. The van der Waals surface area contributed by atoms with Crippen molar-refractivity contribution in [2.75, 3.05) is 6.61 Å². The highest BCUT2D eigenvalue weighted by Crippen LogP contribution is 2.18. The molecule has 19 heavy (non-hydrogen) atoms. The van der Waals surface area contributed by atoms with E-state index >= 15 is 0 Å². The molecule has 0 bridgehead atoms. The Labute approximate surface area is 110 Å². The van der Waals surface area contributed by atoms with E-state index in [1.807, 2.05) is 31.2 Å². The second kappa shape index (κ2) is 5.99. The zero-order valence-electron chi connectivity index (χ0n) is 10.6. The van der Waals surface area contributed by atoms with Crippen molar-refractivity contribution in [3.63, 3.8) is 0 Å². The topological polar surface area (TPSA) is 77.2 Å². The van der Waals surface area contributed by atoms with Gasteiger partial charge in [0, 0.05) is 11.8 Å². The zero-order chi connectivity index (χ0) is 13.7. The first-order valence-corrected chi connectivity index (χ1v) is 6.00. The number of benzene rings is 1.